The highest BCUT2D eigenvalue weighted by Crippen LogP contribution is 2.42. The third-order valence-electron chi connectivity index (χ3n) is 7.29. The van der Waals surface area contributed by atoms with Gasteiger partial charge in [-0.1, -0.05) is 48.5 Å². The Kier molecular flexibility index (Phi) is 9.74. The summed E-state index contributed by atoms with van der Waals surface area (Å²) in [6, 6.07) is 4.02. The molecule has 38 heavy (non-hydrogen) atoms. The highest BCUT2D eigenvalue weighted by Gasteiger charge is 2.40. The van der Waals surface area contributed by atoms with Gasteiger partial charge in [0.1, 0.15) is 43.5 Å². The summed E-state index contributed by atoms with van der Waals surface area (Å²) in [7, 11) is 1.33. The first-order valence-corrected chi connectivity index (χ1v) is 13.7. The molecular weight excluding hydrogens is 488 g/mol. The van der Waals surface area contributed by atoms with Gasteiger partial charge >= 0.3 is 11.9 Å². The molecule has 0 bridgehead atoms. The topological polar surface area (TPSA) is 104 Å². The Balaban J connectivity index is 1.68. The van der Waals surface area contributed by atoms with Crippen molar-refractivity contribution in [1.29, 1.82) is 0 Å². The van der Waals surface area contributed by atoms with Gasteiger partial charge in [-0.15, -0.1) is 0 Å². The first-order chi connectivity index (χ1) is 17.7. The Labute approximate surface area is 227 Å². The standard InChI is InChI=1S/C30H46O8/c1-18-9-10-21(27(32)34-8)22(11-18)28(33)38-15-19(31)14-36-25-12-24(30(5,6)7)26(37-17-20-16-35-20)13-23(25)29(2,3)4/h12-13,18-22,31H,9-11,14-17H2,1-8H3. The van der Waals surface area contributed by atoms with Crippen LogP contribution < -0.4 is 9.47 Å². The smallest absolute Gasteiger partial charge is 0.309 e. The summed E-state index contributed by atoms with van der Waals surface area (Å²) in [6.07, 6.45) is 1.15. The molecule has 0 amide bonds. The van der Waals surface area contributed by atoms with Crippen molar-refractivity contribution in [2.75, 3.05) is 33.5 Å². The third-order valence-corrected chi connectivity index (χ3v) is 7.29. The molecule has 8 heteroatoms. The van der Waals surface area contributed by atoms with Crippen molar-refractivity contribution >= 4 is 11.9 Å². The van der Waals surface area contributed by atoms with Gasteiger partial charge in [0.2, 0.25) is 0 Å². The minimum absolute atomic E-state index is 0.0441. The van der Waals surface area contributed by atoms with E-state index in [4.69, 9.17) is 23.7 Å². The van der Waals surface area contributed by atoms with Gasteiger partial charge in [-0.05, 0) is 48.1 Å². The van der Waals surface area contributed by atoms with Crippen LogP contribution in [0.3, 0.4) is 0 Å². The molecule has 1 saturated carbocycles. The second-order valence-corrected chi connectivity index (χ2v) is 12.9. The summed E-state index contributed by atoms with van der Waals surface area (Å²) in [5, 5.41) is 10.6. The van der Waals surface area contributed by atoms with Gasteiger partial charge in [-0.25, -0.2) is 0 Å². The molecule has 0 spiro atoms. The summed E-state index contributed by atoms with van der Waals surface area (Å²) in [5.74, 6) is -0.138. The van der Waals surface area contributed by atoms with Crippen molar-refractivity contribution in [3.8, 4) is 11.5 Å². The van der Waals surface area contributed by atoms with Crippen molar-refractivity contribution in [1.82, 2.24) is 0 Å². The normalized spacial score (nSPS) is 24.3. The Morgan fingerprint density at radius 1 is 0.947 bits per heavy atom. The second-order valence-electron chi connectivity index (χ2n) is 12.9. The minimum atomic E-state index is -1.02. The maximum Gasteiger partial charge on any atom is 0.309 e. The molecule has 2 aliphatic rings. The molecule has 1 aromatic carbocycles. The van der Waals surface area contributed by atoms with Crippen molar-refractivity contribution in [2.24, 2.45) is 17.8 Å². The number of esters is 2. The lowest BCUT2D eigenvalue weighted by atomic mass is 9.74. The van der Waals surface area contributed by atoms with Crippen LogP contribution in [-0.4, -0.2) is 62.8 Å². The average Bonchev–Trinajstić information content (AvgIpc) is 3.67. The lowest BCUT2D eigenvalue weighted by Crippen LogP contribution is -2.38. The molecular formula is C30H46O8. The molecule has 8 nitrogen and oxygen atoms in total. The Hall–Kier alpha value is -2.32. The highest BCUT2D eigenvalue weighted by atomic mass is 16.6. The summed E-state index contributed by atoms with van der Waals surface area (Å²) in [4.78, 5) is 25.0. The molecule has 1 aliphatic heterocycles. The molecule has 0 aromatic heterocycles. The Morgan fingerprint density at radius 2 is 1.53 bits per heavy atom. The van der Waals surface area contributed by atoms with E-state index in [1.165, 1.54) is 7.11 Å². The van der Waals surface area contributed by atoms with Gasteiger partial charge in [0.25, 0.3) is 0 Å². The zero-order chi connectivity index (χ0) is 28.3. The minimum Gasteiger partial charge on any atom is -0.490 e. The lowest BCUT2D eigenvalue weighted by Gasteiger charge is -2.31. The van der Waals surface area contributed by atoms with Crippen molar-refractivity contribution in [3.63, 3.8) is 0 Å². The number of aliphatic hydroxyl groups excluding tert-OH is 1. The van der Waals surface area contributed by atoms with Crippen LogP contribution in [0.5, 0.6) is 11.5 Å². The zero-order valence-corrected chi connectivity index (χ0v) is 24.3. The van der Waals surface area contributed by atoms with Gasteiger partial charge in [-0.3, -0.25) is 9.59 Å². The van der Waals surface area contributed by atoms with E-state index >= 15 is 0 Å². The predicted molar refractivity (Wildman–Crippen MR) is 144 cm³/mol. The number of rotatable bonds is 10. The first-order valence-electron chi connectivity index (χ1n) is 13.7. The van der Waals surface area contributed by atoms with Gasteiger partial charge < -0.3 is 28.8 Å². The quantitative estimate of drug-likeness (QED) is 0.344. The van der Waals surface area contributed by atoms with E-state index in [2.05, 4.69) is 48.5 Å². The van der Waals surface area contributed by atoms with Crippen LogP contribution in [0.15, 0.2) is 12.1 Å². The van der Waals surface area contributed by atoms with E-state index < -0.39 is 23.9 Å². The monoisotopic (exact) mass is 534 g/mol. The number of methoxy groups -OCH3 is 1. The van der Waals surface area contributed by atoms with Crippen molar-refractivity contribution in [3.05, 3.63) is 23.3 Å². The fraction of sp³-hybridized carbons (Fsp3) is 0.733. The largest absolute Gasteiger partial charge is 0.490 e. The Bertz CT molecular complexity index is 970. The van der Waals surface area contributed by atoms with Crippen molar-refractivity contribution < 1.29 is 38.4 Å². The first kappa shape index (κ1) is 30.2. The molecule has 1 aliphatic carbocycles. The molecule has 3 rings (SSSR count). The van der Waals surface area contributed by atoms with Crippen LogP contribution in [0.1, 0.15) is 78.9 Å². The SMILES string of the molecule is COC(=O)C1CCC(C)CC1C(=O)OCC(O)COc1cc(C(C)(C)C)c(OCC2CO2)cc1C(C)(C)C. The molecule has 0 radical (unpaired) electrons. The van der Waals surface area contributed by atoms with Gasteiger partial charge in [0.05, 0.1) is 25.6 Å². The van der Waals surface area contributed by atoms with Crippen LogP contribution in [0, 0.1) is 17.8 Å². The van der Waals surface area contributed by atoms with E-state index in [-0.39, 0.29) is 36.1 Å². The van der Waals surface area contributed by atoms with E-state index in [9.17, 15) is 14.7 Å². The fourth-order valence-electron chi connectivity index (χ4n) is 4.91. The molecule has 5 atom stereocenters. The number of ether oxygens (including phenoxy) is 5. The van der Waals surface area contributed by atoms with E-state index in [0.717, 1.165) is 29.9 Å². The Morgan fingerprint density at radius 3 is 2.05 bits per heavy atom. The van der Waals surface area contributed by atoms with Gasteiger partial charge in [0.15, 0.2) is 0 Å². The van der Waals surface area contributed by atoms with Crippen LogP contribution in [0.2, 0.25) is 0 Å². The average molecular weight is 535 g/mol. The highest BCUT2D eigenvalue weighted by molar-refractivity contribution is 5.82. The van der Waals surface area contributed by atoms with Crippen LogP contribution in [0.25, 0.3) is 0 Å². The van der Waals surface area contributed by atoms with Crippen molar-refractivity contribution in [2.45, 2.75) is 90.8 Å². The van der Waals surface area contributed by atoms with E-state index in [0.29, 0.717) is 31.1 Å². The predicted octanol–water partition coefficient (Wildman–Crippen LogP) is 4.57. The molecule has 1 aromatic rings. The summed E-state index contributed by atoms with van der Waals surface area (Å²) in [5.41, 5.74) is 1.52. The summed E-state index contributed by atoms with van der Waals surface area (Å²) in [6.45, 7) is 15.7. The fourth-order valence-corrected chi connectivity index (χ4v) is 4.91. The molecule has 5 unspecified atom stereocenters. The van der Waals surface area contributed by atoms with Gasteiger partial charge in [0, 0.05) is 11.1 Å². The number of carbonyl (C=O) groups is 2. The van der Waals surface area contributed by atoms with E-state index in [1.807, 2.05) is 12.1 Å². The molecule has 2 fully saturated rings. The number of carbonyl (C=O) groups excluding carboxylic acids is 2. The van der Waals surface area contributed by atoms with Crippen LogP contribution in [-0.2, 0) is 34.6 Å². The number of aliphatic hydroxyl groups is 1. The van der Waals surface area contributed by atoms with Gasteiger partial charge in [-0.2, -0.15) is 0 Å². The number of epoxide rings is 1. The summed E-state index contributed by atoms with van der Waals surface area (Å²) < 4.78 is 27.9. The second kappa shape index (κ2) is 12.2. The third kappa shape index (κ3) is 8.09. The molecule has 1 heterocycles. The number of hydrogen-bond donors (Lipinski definition) is 1. The molecule has 214 valence electrons. The van der Waals surface area contributed by atoms with Crippen LogP contribution in [0.4, 0.5) is 0 Å². The molecule has 1 N–H and O–H groups in total. The molecule has 1 saturated heterocycles. The lowest BCUT2D eigenvalue weighted by molar-refractivity contribution is -0.164. The van der Waals surface area contributed by atoms with Crippen LogP contribution >= 0.6 is 0 Å². The summed E-state index contributed by atoms with van der Waals surface area (Å²) >= 11 is 0. The number of hydrogen-bond acceptors (Lipinski definition) is 8. The zero-order valence-electron chi connectivity index (χ0n) is 24.3. The van der Waals surface area contributed by atoms with E-state index in [1.54, 1.807) is 0 Å². The number of benzene rings is 1. The maximum absolute atomic E-state index is 12.8. The maximum atomic E-state index is 12.8.